The monoisotopic (exact) mass is 303 g/mol. The first kappa shape index (κ1) is 16.4. The first-order chi connectivity index (χ1) is 9.33. The Balaban J connectivity index is 2.53. The van der Waals surface area contributed by atoms with Crippen LogP contribution in [0.15, 0.2) is 30.3 Å². The third kappa shape index (κ3) is 5.16. The van der Waals surface area contributed by atoms with Crippen LogP contribution in [0.25, 0.3) is 0 Å². The van der Waals surface area contributed by atoms with Crippen molar-refractivity contribution in [3.05, 3.63) is 35.9 Å². The number of alkyl halides is 2. The second-order valence-electron chi connectivity index (χ2n) is 4.18. The minimum absolute atomic E-state index is 0.112. The van der Waals surface area contributed by atoms with Crippen LogP contribution in [-0.4, -0.2) is 34.5 Å². The largest absolute Gasteiger partial charge is 0.480 e. The van der Waals surface area contributed by atoms with Gasteiger partial charge in [0.25, 0.3) is 5.92 Å². The highest BCUT2D eigenvalue weighted by atomic mass is 32.2. The van der Waals surface area contributed by atoms with Crippen LogP contribution in [0.5, 0.6) is 0 Å². The molecule has 20 heavy (non-hydrogen) atoms. The van der Waals surface area contributed by atoms with Crippen LogP contribution in [0, 0.1) is 0 Å². The predicted molar refractivity (Wildman–Crippen MR) is 72.9 cm³/mol. The van der Waals surface area contributed by atoms with Crippen LogP contribution >= 0.6 is 11.8 Å². The van der Waals surface area contributed by atoms with Gasteiger partial charge in [0.2, 0.25) is 5.91 Å². The first-order valence-electron chi connectivity index (χ1n) is 5.84. The molecule has 0 radical (unpaired) electrons. The van der Waals surface area contributed by atoms with Crippen molar-refractivity contribution in [1.82, 2.24) is 5.32 Å². The molecule has 0 saturated heterocycles. The Morgan fingerprint density at radius 3 is 2.45 bits per heavy atom. The number of thioether (sulfide) groups is 1. The average Bonchev–Trinajstić information content (AvgIpc) is 2.38. The van der Waals surface area contributed by atoms with Gasteiger partial charge < -0.3 is 10.4 Å². The van der Waals surface area contributed by atoms with Gasteiger partial charge in [-0.2, -0.15) is 11.8 Å². The number of hydrogen-bond donors (Lipinski definition) is 2. The van der Waals surface area contributed by atoms with Crippen molar-refractivity contribution in [1.29, 1.82) is 0 Å². The van der Waals surface area contributed by atoms with Gasteiger partial charge in [0.05, 0.1) is 5.75 Å². The lowest BCUT2D eigenvalue weighted by molar-refractivity contribution is -0.140. The fourth-order valence-corrected chi connectivity index (χ4v) is 2.49. The third-order valence-electron chi connectivity index (χ3n) is 2.44. The highest BCUT2D eigenvalue weighted by Crippen LogP contribution is 2.31. The van der Waals surface area contributed by atoms with Crippen molar-refractivity contribution >= 4 is 23.6 Å². The maximum atomic E-state index is 13.8. The van der Waals surface area contributed by atoms with Crippen LogP contribution < -0.4 is 5.32 Å². The molecule has 0 bridgehead atoms. The van der Waals surface area contributed by atoms with E-state index >= 15 is 0 Å². The lowest BCUT2D eigenvalue weighted by atomic mass is 10.1. The van der Waals surface area contributed by atoms with Gasteiger partial charge in [-0.3, -0.25) is 4.79 Å². The molecule has 0 saturated carbocycles. The summed E-state index contributed by atoms with van der Waals surface area (Å²) < 4.78 is 27.6. The van der Waals surface area contributed by atoms with E-state index in [-0.39, 0.29) is 11.3 Å². The van der Waals surface area contributed by atoms with Crippen LogP contribution in [0.1, 0.15) is 12.5 Å². The molecule has 0 fully saturated rings. The number of aliphatic carboxylic acids is 1. The van der Waals surface area contributed by atoms with Crippen LogP contribution in [0.3, 0.4) is 0 Å². The molecule has 0 heterocycles. The van der Waals surface area contributed by atoms with E-state index in [0.717, 1.165) is 11.8 Å². The lowest BCUT2D eigenvalue weighted by Crippen LogP contribution is -2.41. The molecule has 0 aliphatic heterocycles. The van der Waals surface area contributed by atoms with Gasteiger partial charge in [-0.1, -0.05) is 30.3 Å². The zero-order chi connectivity index (χ0) is 15.2. The number of amides is 1. The molecule has 0 aliphatic rings. The van der Waals surface area contributed by atoms with Crippen molar-refractivity contribution in [2.45, 2.75) is 18.9 Å². The molecule has 0 unspecified atom stereocenters. The number of halogens is 2. The number of carboxylic acids is 1. The molecular weight excluding hydrogens is 288 g/mol. The van der Waals surface area contributed by atoms with Gasteiger partial charge in [-0.15, -0.1) is 0 Å². The summed E-state index contributed by atoms with van der Waals surface area (Å²) in [5.74, 6) is -5.44. The van der Waals surface area contributed by atoms with Gasteiger partial charge in [0.1, 0.15) is 6.04 Å². The van der Waals surface area contributed by atoms with E-state index in [1.54, 1.807) is 6.07 Å². The molecule has 4 nitrogen and oxygen atoms in total. The molecule has 0 spiro atoms. The number of hydrogen-bond acceptors (Lipinski definition) is 3. The minimum atomic E-state index is -3.04. The standard InChI is InChI=1S/C13H15F2NO3S/c1-9(17)16-11(12(18)19)7-20-8-13(14,15)10-5-3-2-4-6-10/h2-6,11H,7-8H2,1H3,(H,16,17)(H,18,19)/t11-/m0/s1. The Kier molecular flexibility index (Phi) is 5.94. The van der Waals surface area contributed by atoms with Crippen molar-refractivity contribution in [2.75, 3.05) is 11.5 Å². The van der Waals surface area contributed by atoms with E-state index < -0.39 is 29.6 Å². The summed E-state index contributed by atoms with van der Waals surface area (Å²) in [6, 6.07) is 6.16. The number of carboxylic acid groups (broad SMARTS) is 1. The number of benzene rings is 1. The second kappa shape index (κ2) is 7.23. The van der Waals surface area contributed by atoms with E-state index in [1.807, 2.05) is 0 Å². The molecule has 1 amide bonds. The lowest BCUT2D eigenvalue weighted by Gasteiger charge is -2.18. The Hall–Kier alpha value is -1.63. The van der Waals surface area contributed by atoms with E-state index in [2.05, 4.69) is 5.32 Å². The fraction of sp³-hybridized carbons (Fsp3) is 0.385. The van der Waals surface area contributed by atoms with Crippen molar-refractivity contribution in [2.24, 2.45) is 0 Å². The predicted octanol–water partition coefficient (Wildman–Crippen LogP) is 2.10. The van der Waals surface area contributed by atoms with Crippen LogP contribution in [0.4, 0.5) is 8.78 Å². The topological polar surface area (TPSA) is 66.4 Å². The zero-order valence-corrected chi connectivity index (χ0v) is 11.6. The van der Waals surface area contributed by atoms with E-state index in [0.29, 0.717) is 0 Å². The van der Waals surface area contributed by atoms with E-state index in [1.165, 1.54) is 31.2 Å². The number of nitrogens with one attached hydrogen (secondary N) is 1. The van der Waals surface area contributed by atoms with Crippen LogP contribution in [0.2, 0.25) is 0 Å². The maximum absolute atomic E-state index is 13.8. The second-order valence-corrected chi connectivity index (χ2v) is 5.21. The molecule has 7 heteroatoms. The molecule has 1 rings (SSSR count). The van der Waals surface area contributed by atoms with E-state index in [4.69, 9.17) is 5.11 Å². The zero-order valence-electron chi connectivity index (χ0n) is 10.8. The highest BCUT2D eigenvalue weighted by molar-refractivity contribution is 7.99. The molecule has 1 atom stereocenters. The quantitative estimate of drug-likeness (QED) is 0.809. The van der Waals surface area contributed by atoms with Gasteiger partial charge in [0.15, 0.2) is 0 Å². The van der Waals surface area contributed by atoms with E-state index in [9.17, 15) is 18.4 Å². The molecule has 1 aromatic rings. The number of rotatable bonds is 7. The molecular formula is C13H15F2NO3S. The molecule has 110 valence electrons. The van der Waals surface area contributed by atoms with Gasteiger partial charge in [-0.25, -0.2) is 13.6 Å². The van der Waals surface area contributed by atoms with Gasteiger partial charge in [0, 0.05) is 18.2 Å². The third-order valence-corrected chi connectivity index (χ3v) is 3.58. The number of carbonyl (C=O) groups excluding carboxylic acids is 1. The average molecular weight is 303 g/mol. The normalized spacial score (nSPS) is 12.8. The van der Waals surface area contributed by atoms with Crippen molar-refractivity contribution in [3.8, 4) is 0 Å². The fourth-order valence-electron chi connectivity index (χ4n) is 1.49. The Labute approximate surface area is 119 Å². The van der Waals surface area contributed by atoms with Crippen molar-refractivity contribution < 1.29 is 23.5 Å². The molecule has 1 aromatic carbocycles. The minimum Gasteiger partial charge on any atom is -0.480 e. The summed E-state index contributed by atoms with van der Waals surface area (Å²) in [5.41, 5.74) is -0.112. The summed E-state index contributed by atoms with van der Waals surface area (Å²) in [7, 11) is 0. The van der Waals surface area contributed by atoms with Crippen molar-refractivity contribution in [3.63, 3.8) is 0 Å². The van der Waals surface area contributed by atoms with Gasteiger partial charge in [-0.05, 0) is 0 Å². The SMILES string of the molecule is CC(=O)N[C@@H](CSCC(F)(F)c1ccccc1)C(=O)O. The summed E-state index contributed by atoms with van der Waals surface area (Å²) in [6.07, 6.45) is 0. The maximum Gasteiger partial charge on any atom is 0.327 e. The Morgan fingerprint density at radius 1 is 1.35 bits per heavy atom. The number of carbonyl (C=O) groups is 2. The summed E-state index contributed by atoms with van der Waals surface area (Å²) >= 11 is 0.788. The Morgan fingerprint density at radius 2 is 1.95 bits per heavy atom. The summed E-state index contributed by atoms with van der Waals surface area (Å²) in [4.78, 5) is 21.7. The molecule has 2 N–H and O–H groups in total. The molecule has 0 aromatic heterocycles. The summed E-state index contributed by atoms with van der Waals surface area (Å²) in [6.45, 7) is 1.18. The van der Waals surface area contributed by atoms with Crippen LogP contribution in [-0.2, 0) is 15.5 Å². The Bertz CT molecular complexity index is 468. The first-order valence-corrected chi connectivity index (χ1v) is 6.99. The smallest absolute Gasteiger partial charge is 0.327 e. The highest BCUT2D eigenvalue weighted by Gasteiger charge is 2.32. The molecule has 0 aliphatic carbocycles. The van der Waals surface area contributed by atoms with Gasteiger partial charge >= 0.3 is 5.97 Å². The summed E-state index contributed by atoms with van der Waals surface area (Å²) in [5, 5.41) is 11.1.